The number of ether oxygens (including phenoxy) is 3. The van der Waals surface area contributed by atoms with Gasteiger partial charge in [0.05, 0.1) is 24.7 Å². The van der Waals surface area contributed by atoms with Gasteiger partial charge in [-0.05, 0) is 67.9 Å². The van der Waals surface area contributed by atoms with Gasteiger partial charge in [0.1, 0.15) is 23.2 Å². The average Bonchev–Trinajstić information content (AvgIpc) is 3.07. The Kier molecular flexibility index (Phi) is 12.6. The first kappa shape index (κ1) is 39.6. The molecule has 0 amide bonds. The lowest BCUT2D eigenvalue weighted by Crippen LogP contribution is -2.41. The third-order valence-electron chi connectivity index (χ3n) is 10.8. The van der Waals surface area contributed by atoms with Crippen LogP contribution in [0.1, 0.15) is 113 Å². The van der Waals surface area contributed by atoms with Crippen molar-refractivity contribution in [3.63, 3.8) is 0 Å². The molecule has 51 heavy (non-hydrogen) atoms. The molecule has 0 spiro atoms. The van der Waals surface area contributed by atoms with Gasteiger partial charge in [0.2, 0.25) is 0 Å². The summed E-state index contributed by atoms with van der Waals surface area (Å²) in [4.78, 5) is 0. The molecule has 5 rings (SSSR count). The monoisotopic (exact) mass is 744 g/mol. The fourth-order valence-corrected chi connectivity index (χ4v) is 7.88. The van der Waals surface area contributed by atoms with Crippen LogP contribution in [0.5, 0.6) is 5.75 Å². The molecule has 3 fully saturated rings. The van der Waals surface area contributed by atoms with E-state index >= 15 is 13.2 Å². The highest BCUT2D eigenvalue weighted by Gasteiger charge is 2.60. The van der Waals surface area contributed by atoms with Gasteiger partial charge in [-0.1, -0.05) is 57.6 Å². The Balaban J connectivity index is 1.12. The summed E-state index contributed by atoms with van der Waals surface area (Å²) in [5.74, 6) is -12.6. The fraction of sp³-hybridized carbons (Fsp3) is 0.676. The minimum Gasteiger partial charge on any atom is -0.432 e. The fourth-order valence-electron chi connectivity index (χ4n) is 7.88. The Morgan fingerprint density at radius 3 is 1.90 bits per heavy atom. The Morgan fingerprint density at radius 1 is 0.745 bits per heavy atom. The molecule has 1 saturated heterocycles. The van der Waals surface area contributed by atoms with Crippen molar-refractivity contribution in [2.75, 3.05) is 13.2 Å². The van der Waals surface area contributed by atoms with Crippen LogP contribution in [0.25, 0.3) is 0 Å². The lowest BCUT2D eigenvalue weighted by Gasteiger charge is -2.38. The van der Waals surface area contributed by atoms with E-state index in [1.54, 1.807) is 12.1 Å². The number of alkyl halides is 8. The Hall–Kier alpha value is -2.61. The topological polar surface area (TPSA) is 27.7 Å². The normalized spacial score (nSPS) is 27.3. The van der Waals surface area contributed by atoms with Crippen LogP contribution >= 0.6 is 0 Å². The minimum atomic E-state index is -6.15. The van der Waals surface area contributed by atoms with Crippen molar-refractivity contribution in [3.05, 3.63) is 64.5 Å². The second-order valence-corrected chi connectivity index (χ2v) is 14.3. The number of unbranched alkanes of at least 4 members (excludes halogenated alkanes) is 2. The molecule has 1 heterocycles. The highest BCUT2D eigenvalue weighted by Crippen LogP contribution is 2.47. The maximum Gasteiger partial charge on any atom is 0.426 e. The number of benzene rings is 2. The van der Waals surface area contributed by atoms with E-state index < -0.39 is 71.3 Å². The van der Waals surface area contributed by atoms with E-state index in [1.807, 2.05) is 0 Å². The van der Waals surface area contributed by atoms with E-state index in [4.69, 9.17) is 9.47 Å². The first-order valence-corrected chi connectivity index (χ1v) is 17.7. The summed E-state index contributed by atoms with van der Waals surface area (Å²) >= 11 is 0. The molecular formula is C37H43F11O3. The maximum atomic E-state index is 15.3. The third kappa shape index (κ3) is 9.31. The molecule has 0 bridgehead atoms. The Morgan fingerprint density at radius 2 is 1.35 bits per heavy atom. The van der Waals surface area contributed by atoms with Crippen molar-refractivity contribution in [2.45, 2.75) is 121 Å². The molecule has 2 aromatic rings. The standard InChI is InChI=1S/C37H43F11O3/c1-2-3-4-5-21-6-8-22(9-7-21)25-19-49-33(50-20-25)24-12-15-28(29(38)16-24)23-10-13-26(14-11-23)37(47,48)51-27-17-30(39)32(31(40)18-27)35(42,43)34(41)36(44,45)46/h12,15-18,21-23,25-26,33-34H,2-11,13-14,19-20H2,1H3. The van der Waals surface area contributed by atoms with E-state index in [1.165, 1.54) is 44.6 Å². The zero-order valence-corrected chi connectivity index (χ0v) is 28.2. The molecule has 1 unspecified atom stereocenters. The van der Waals surface area contributed by atoms with Crippen LogP contribution in [0, 0.1) is 41.1 Å². The largest absolute Gasteiger partial charge is 0.432 e. The molecule has 3 aliphatic rings. The van der Waals surface area contributed by atoms with Gasteiger partial charge < -0.3 is 14.2 Å². The van der Waals surface area contributed by atoms with Crippen LogP contribution in [0.3, 0.4) is 0 Å². The van der Waals surface area contributed by atoms with Gasteiger partial charge in [-0.15, -0.1) is 0 Å². The van der Waals surface area contributed by atoms with Gasteiger partial charge in [-0.3, -0.25) is 0 Å². The van der Waals surface area contributed by atoms with Gasteiger partial charge in [-0.2, -0.15) is 30.7 Å². The predicted octanol–water partition coefficient (Wildman–Crippen LogP) is 12.1. The van der Waals surface area contributed by atoms with Crippen LogP contribution < -0.4 is 4.74 Å². The van der Waals surface area contributed by atoms with Crippen LogP contribution in [0.4, 0.5) is 48.3 Å². The average molecular weight is 745 g/mol. The number of hydrogen-bond donors (Lipinski definition) is 0. The summed E-state index contributed by atoms with van der Waals surface area (Å²) < 4.78 is 169. The van der Waals surface area contributed by atoms with Gasteiger partial charge in [-0.25, -0.2) is 17.6 Å². The van der Waals surface area contributed by atoms with E-state index in [0.29, 0.717) is 30.3 Å². The summed E-state index contributed by atoms with van der Waals surface area (Å²) in [5.41, 5.74) is -1.74. The second kappa shape index (κ2) is 16.2. The third-order valence-corrected chi connectivity index (χ3v) is 10.8. The quantitative estimate of drug-likeness (QED) is 0.160. The molecule has 0 N–H and O–H groups in total. The zero-order valence-electron chi connectivity index (χ0n) is 28.2. The molecule has 0 radical (unpaired) electrons. The second-order valence-electron chi connectivity index (χ2n) is 14.3. The molecule has 1 aliphatic heterocycles. The van der Waals surface area contributed by atoms with E-state index in [0.717, 1.165) is 18.8 Å². The lowest BCUT2D eigenvalue weighted by atomic mass is 9.74. The highest BCUT2D eigenvalue weighted by molar-refractivity contribution is 5.34. The van der Waals surface area contributed by atoms with Crippen LogP contribution in [-0.2, 0) is 15.4 Å². The number of halogens is 11. The molecule has 1 atom stereocenters. The minimum absolute atomic E-state index is 0.0993. The van der Waals surface area contributed by atoms with E-state index in [2.05, 4.69) is 11.7 Å². The molecule has 14 heteroatoms. The smallest absolute Gasteiger partial charge is 0.426 e. The number of rotatable bonds is 12. The van der Waals surface area contributed by atoms with Crippen molar-refractivity contribution in [1.29, 1.82) is 0 Å². The van der Waals surface area contributed by atoms with Gasteiger partial charge in [0.25, 0.3) is 6.17 Å². The van der Waals surface area contributed by atoms with Crippen molar-refractivity contribution < 1.29 is 62.5 Å². The molecule has 2 aliphatic carbocycles. The lowest BCUT2D eigenvalue weighted by molar-refractivity contribution is -0.249. The van der Waals surface area contributed by atoms with Crippen LogP contribution in [0.15, 0.2) is 30.3 Å². The van der Waals surface area contributed by atoms with Crippen LogP contribution in [-0.4, -0.2) is 31.7 Å². The van der Waals surface area contributed by atoms with Crippen molar-refractivity contribution in [2.24, 2.45) is 23.7 Å². The molecular weight excluding hydrogens is 701 g/mol. The highest BCUT2D eigenvalue weighted by atomic mass is 19.4. The molecule has 286 valence electrons. The summed E-state index contributed by atoms with van der Waals surface area (Å²) in [6, 6.07) is 4.29. The molecule has 2 aromatic carbocycles. The molecule has 3 nitrogen and oxygen atoms in total. The van der Waals surface area contributed by atoms with Crippen molar-refractivity contribution in [3.8, 4) is 5.75 Å². The Bertz CT molecular complexity index is 1420. The maximum absolute atomic E-state index is 15.3. The van der Waals surface area contributed by atoms with Crippen LogP contribution in [0.2, 0.25) is 0 Å². The predicted molar refractivity (Wildman–Crippen MR) is 166 cm³/mol. The molecule has 2 saturated carbocycles. The first-order chi connectivity index (χ1) is 24.0. The van der Waals surface area contributed by atoms with Crippen molar-refractivity contribution >= 4 is 0 Å². The summed E-state index contributed by atoms with van der Waals surface area (Å²) in [7, 11) is 0. The first-order valence-electron chi connectivity index (χ1n) is 17.7. The van der Waals surface area contributed by atoms with Gasteiger partial charge in [0, 0.05) is 23.6 Å². The van der Waals surface area contributed by atoms with Crippen molar-refractivity contribution in [1.82, 2.24) is 0 Å². The van der Waals surface area contributed by atoms with Gasteiger partial charge >= 0.3 is 18.2 Å². The summed E-state index contributed by atoms with van der Waals surface area (Å²) in [6.07, 6.45) is -6.25. The number of hydrogen-bond acceptors (Lipinski definition) is 3. The van der Waals surface area contributed by atoms with E-state index in [-0.39, 0.29) is 43.7 Å². The SMILES string of the molecule is CCCCCC1CCC(C2COC(c3ccc(C4CCC(C(F)(F)Oc5cc(F)c(C(F)(F)C(F)C(F)(F)F)c(F)c5)CC4)c(F)c3)OC2)CC1. The van der Waals surface area contributed by atoms with Gasteiger partial charge in [0.15, 0.2) is 6.29 Å². The molecule has 0 aromatic heterocycles. The zero-order chi connectivity index (χ0) is 37.1. The summed E-state index contributed by atoms with van der Waals surface area (Å²) in [5, 5.41) is 0. The Labute approximate surface area is 290 Å². The van der Waals surface area contributed by atoms with E-state index in [9.17, 15) is 35.1 Å². The summed E-state index contributed by atoms with van der Waals surface area (Å²) in [6.45, 7) is 3.25.